The Morgan fingerprint density at radius 3 is 2.41 bits per heavy atom. The molecule has 1 amide bonds. The lowest BCUT2D eigenvalue weighted by molar-refractivity contribution is -0.117. The molecule has 1 atom stereocenters. The normalized spacial score (nSPS) is 15.4. The largest absolute Gasteiger partial charge is 0.378 e. The van der Waals surface area contributed by atoms with E-state index in [9.17, 15) is 9.90 Å². The van der Waals surface area contributed by atoms with E-state index in [2.05, 4.69) is 12.2 Å². The van der Waals surface area contributed by atoms with Crippen LogP contribution in [-0.4, -0.2) is 33.8 Å². The summed E-state index contributed by atoms with van der Waals surface area (Å²) in [5.74, 6) is -0.364. The molecule has 0 saturated carbocycles. The molecule has 0 fully saturated rings. The van der Waals surface area contributed by atoms with Crippen LogP contribution in [0.15, 0.2) is 0 Å². The molecule has 0 aromatic rings. The van der Waals surface area contributed by atoms with Gasteiger partial charge in [0.1, 0.15) is 4.93 Å². The zero-order valence-corrected chi connectivity index (χ0v) is 11.9. The van der Waals surface area contributed by atoms with Gasteiger partial charge in [0.05, 0.1) is 6.54 Å². The number of hydrogen-bond donors (Lipinski definition) is 3. The average molecular weight is 261 g/mol. The lowest BCUT2D eigenvalue weighted by atomic mass is 10.1. The summed E-state index contributed by atoms with van der Waals surface area (Å²) in [6.45, 7) is 10.2. The molecule has 0 aromatic heterocycles. The van der Waals surface area contributed by atoms with Crippen LogP contribution in [0.5, 0.6) is 0 Å². The first-order valence-electron chi connectivity index (χ1n) is 5.91. The van der Waals surface area contributed by atoms with Crippen molar-refractivity contribution in [1.82, 2.24) is 5.32 Å². The number of nitrogens with one attached hydrogen (secondary N) is 1. The smallest absolute Gasteiger partial charge is 0.220 e. The van der Waals surface area contributed by atoms with Crippen LogP contribution in [-0.2, 0) is 4.79 Å². The van der Waals surface area contributed by atoms with Crippen molar-refractivity contribution < 1.29 is 9.90 Å². The first-order valence-corrected chi connectivity index (χ1v) is 6.72. The number of carbonyl (C=O) groups excluding carboxylic acids is 1. The Labute approximate surface area is 109 Å². The minimum absolute atomic E-state index is 0.0661. The van der Waals surface area contributed by atoms with Crippen LogP contribution >= 0.6 is 11.8 Å². The molecular formula is C12H25N2O2S. The molecule has 4 nitrogen and oxygen atoms in total. The van der Waals surface area contributed by atoms with Crippen molar-refractivity contribution in [1.29, 1.82) is 0 Å². The van der Waals surface area contributed by atoms with Crippen LogP contribution in [0.1, 0.15) is 40.0 Å². The molecule has 0 aromatic carbocycles. The Hall–Kier alpha value is -0.260. The van der Waals surface area contributed by atoms with Gasteiger partial charge in [-0.1, -0.05) is 20.8 Å². The maximum absolute atomic E-state index is 10.8. The maximum Gasteiger partial charge on any atom is 0.220 e. The Balaban J connectivity index is 4.39. The van der Waals surface area contributed by atoms with Crippen molar-refractivity contribution in [2.45, 2.75) is 49.7 Å². The van der Waals surface area contributed by atoms with Gasteiger partial charge < -0.3 is 16.2 Å². The molecule has 0 saturated heterocycles. The number of hydrogen-bond acceptors (Lipinski definition) is 4. The number of nitrogens with two attached hydrogens (primary N) is 1. The molecule has 101 valence electrons. The van der Waals surface area contributed by atoms with E-state index in [1.54, 1.807) is 0 Å². The van der Waals surface area contributed by atoms with Crippen molar-refractivity contribution in [3.63, 3.8) is 0 Å². The fraction of sp³-hybridized carbons (Fsp3) is 0.833. The monoisotopic (exact) mass is 261 g/mol. The molecule has 0 rings (SSSR count). The van der Waals surface area contributed by atoms with E-state index >= 15 is 0 Å². The van der Waals surface area contributed by atoms with Gasteiger partial charge in [0, 0.05) is 11.7 Å². The molecule has 0 bridgehead atoms. The SMILES string of the molecule is [CH2]C(=O)NC[C@@](O)(CCCCN)SC(C)(C)C. The standard InChI is InChI=1S/C12H25N2O2S/c1-10(15)14-9-12(16,7-5-6-8-13)17-11(2,3)4/h16H,1,5-9,13H2,2-4H3,(H,14,15)/t12-/m1/s1. The van der Waals surface area contributed by atoms with E-state index in [1.807, 2.05) is 20.8 Å². The van der Waals surface area contributed by atoms with Gasteiger partial charge in [0.25, 0.3) is 0 Å². The van der Waals surface area contributed by atoms with Crippen molar-refractivity contribution in [2.24, 2.45) is 5.73 Å². The van der Waals surface area contributed by atoms with Gasteiger partial charge in [-0.2, -0.15) is 0 Å². The summed E-state index contributed by atoms with van der Waals surface area (Å²) in [5.41, 5.74) is 5.44. The second kappa shape index (κ2) is 7.24. The lowest BCUT2D eigenvalue weighted by Crippen LogP contribution is -2.42. The number of amides is 1. The van der Waals surface area contributed by atoms with Crippen LogP contribution in [0.2, 0.25) is 0 Å². The molecule has 1 radical (unpaired) electrons. The summed E-state index contributed by atoms with van der Waals surface area (Å²) in [4.78, 5) is 9.88. The predicted molar refractivity (Wildman–Crippen MR) is 73.6 cm³/mol. The zero-order valence-electron chi connectivity index (χ0n) is 11.1. The van der Waals surface area contributed by atoms with Crippen molar-refractivity contribution in [3.8, 4) is 0 Å². The maximum atomic E-state index is 10.8. The second-order valence-corrected chi connectivity index (χ2v) is 7.37. The first kappa shape index (κ1) is 16.7. The molecule has 0 aliphatic heterocycles. The topological polar surface area (TPSA) is 75.3 Å². The summed E-state index contributed by atoms with van der Waals surface area (Å²) in [6, 6.07) is 0. The van der Waals surface area contributed by atoms with Crippen LogP contribution in [0, 0.1) is 6.92 Å². The van der Waals surface area contributed by atoms with E-state index in [4.69, 9.17) is 5.73 Å². The third-order valence-corrected chi connectivity index (χ3v) is 3.42. The quantitative estimate of drug-likeness (QED) is 0.477. The van der Waals surface area contributed by atoms with Gasteiger partial charge in [-0.3, -0.25) is 4.79 Å². The number of rotatable bonds is 7. The minimum Gasteiger partial charge on any atom is -0.378 e. The van der Waals surface area contributed by atoms with E-state index in [1.165, 1.54) is 11.8 Å². The fourth-order valence-electron chi connectivity index (χ4n) is 1.53. The number of thioether (sulfide) groups is 1. The Bertz CT molecular complexity index is 241. The van der Waals surface area contributed by atoms with E-state index < -0.39 is 4.93 Å². The Kier molecular flexibility index (Phi) is 7.13. The van der Waals surface area contributed by atoms with Gasteiger partial charge in [-0.25, -0.2) is 0 Å². The summed E-state index contributed by atoms with van der Waals surface area (Å²) in [7, 11) is 0. The summed E-state index contributed by atoms with van der Waals surface area (Å²) in [5, 5.41) is 13.1. The van der Waals surface area contributed by atoms with Crippen molar-refractivity contribution >= 4 is 17.7 Å². The van der Waals surface area contributed by atoms with Crippen LogP contribution in [0.4, 0.5) is 0 Å². The molecule has 0 aliphatic rings. The van der Waals surface area contributed by atoms with Gasteiger partial charge in [0.15, 0.2) is 0 Å². The highest BCUT2D eigenvalue weighted by molar-refractivity contribution is 8.01. The van der Waals surface area contributed by atoms with Gasteiger partial charge in [-0.05, 0) is 25.8 Å². The van der Waals surface area contributed by atoms with Crippen LogP contribution in [0.25, 0.3) is 0 Å². The molecule has 17 heavy (non-hydrogen) atoms. The molecule has 4 N–H and O–H groups in total. The summed E-state index contributed by atoms with van der Waals surface area (Å²) in [6.07, 6.45) is 2.35. The highest BCUT2D eigenvalue weighted by Crippen LogP contribution is 2.37. The average Bonchev–Trinajstić information content (AvgIpc) is 2.13. The predicted octanol–water partition coefficient (Wildman–Crippen LogP) is 1.29. The molecule has 0 aliphatic carbocycles. The van der Waals surface area contributed by atoms with Gasteiger partial charge in [-0.15, -0.1) is 11.8 Å². The molecular weight excluding hydrogens is 236 g/mol. The van der Waals surface area contributed by atoms with E-state index in [0.29, 0.717) is 13.0 Å². The Morgan fingerprint density at radius 2 is 2.00 bits per heavy atom. The van der Waals surface area contributed by atoms with Gasteiger partial charge in [0.2, 0.25) is 5.91 Å². The van der Waals surface area contributed by atoms with E-state index in [0.717, 1.165) is 12.8 Å². The number of unbranched alkanes of at least 4 members (excludes halogenated alkanes) is 1. The number of carbonyl (C=O) groups is 1. The summed E-state index contributed by atoms with van der Waals surface area (Å²) < 4.78 is -0.0661. The summed E-state index contributed by atoms with van der Waals surface area (Å²) >= 11 is 1.47. The zero-order chi connectivity index (χ0) is 13.5. The third kappa shape index (κ3) is 9.44. The Morgan fingerprint density at radius 1 is 1.41 bits per heavy atom. The van der Waals surface area contributed by atoms with Crippen molar-refractivity contribution in [2.75, 3.05) is 13.1 Å². The highest BCUT2D eigenvalue weighted by atomic mass is 32.2. The second-order valence-electron chi connectivity index (χ2n) is 5.18. The first-order chi connectivity index (χ1) is 7.68. The molecule has 0 heterocycles. The third-order valence-electron chi connectivity index (χ3n) is 2.08. The van der Waals surface area contributed by atoms with Crippen LogP contribution in [0.3, 0.4) is 0 Å². The lowest BCUT2D eigenvalue weighted by Gasteiger charge is -2.34. The van der Waals surface area contributed by atoms with Crippen molar-refractivity contribution in [3.05, 3.63) is 6.92 Å². The van der Waals surface area contributed by atoms with Gasteiger partial charge >= 0.3 is 0 Å². The molecule has 0 unspecified atom stereocenters. The number of aliphatic hydroxyl groups is 1. The molecule has 5 heteroatoms. The highest BCUT2D eigenvalue weighted by Gasteiger charge is 2.32. The van der Waals surface area contributed by atoms with E-state index in [-0.39, 0.29) is 17.2 Å². The molecule has 0 spiro atoms. The fourth-order valence-corrected chi connectivity index (χ4v) is 3.06. The van der Waals surface area contributed by atoms with Crippen LogP contribution < -0.4 is 11.1 Å². The minimum atomic E-state index is -0.944.